The largest absolute Gasteiger partial charge is 0.497 e. The van der Waals surface area contributed by atoms with Gasteiger partial charge in [-0.25, -0.2) is 9.46 Å². The molecule has 14 nitrogen and oxygen atoms in total. The number of nitrogens with one attached hydrogen (secondary N) is 1. The van der Waals surface area contributed by atoms with Crippen molar-refractivity contribution in [2.45, 2.75) is 103 Å². The topological polar surface area (TPSA) is 157 Å². The number of Topliss-reactive ketones (excluding diaryl/α,β-unsaturated/α-hetero) is 1. The van der Waals surface area contributed by atoms with E-state index in [1.807, 2.05) is 78.9 Å². The van der Waals surface area contributed by atoms with Gasteiger partial charge in [-0.1, -0.05) is 54.6 Å². The quantitative estimate of drug-likeness (QED) is 0.0368. The second-order valence-electron chi connectivity index (χ2n) is 15.2. The lowest BCUT2D eigenvalue weighted by Crippen LogP contribution is -2.39. The van der Waals surface area contributed by atoms with Gasteiger partial charge < -0.3 is 37.5 Å². The number of H-pyrrole nitrogens is 1. The van der Waals surface area contributed by atoms with Crippen molar-refractivity contribution in [1.29, 1.82) is 0 Å². The molecule has 4 aromatic rings. The van der Waals surface area contributed by atoms with E-state index >= 15 is 0 Å². The summed E-state index contributed by atoms with van der Waals surface area (Å²) in [6.45, 7) is 11.7. The third kappa shape index (κ3) is 11.6. The molecule has 1 aliphatic rings. The van der Waals surface area contributed by atoms with Gasteiger partial charge in [-0.15, -0.1) is 0 Å². The number of nitrogens with zero attached hydrogens (tertiary/aromatic N) is 2. The van der Waals surface area contributed by atoms with E-state index < -0.39 is 49.8 Å². The van der Waals surface area contributed by atoms with Crippen LogP contribution in [-0.2, 0) is 38.4 Å². The van der Waals surface area contributed by atoms with E-state index in [4.69, 9.17) is 32.7 Å². The number of hydrogen-bond donors (Lipinski definition) is 1. The number of aromatic nitrogens is 2. The molecule has 1 fully saturated rings. The first kappa shape index (κ1) is 46.4. The van der Waals surface area contributed by atoms with E-state index in [1.165, 1.54) is 17.7 Å². The highest BCUT2D eigenvalue weighted by Gasteiger charge is 2.45. The number of rotatable bonds is 22. The van der Waals surface area contributed by atoms with Crippen LogP contribution >= 0.6 is 8.53 Å². The lowest BCUT2D eigenvalue weighted by Gasteiger charge is -2.39. The molecule has 0 aliphatic carbocycles. The highest BCUT2D eigenvalue weighted by atomic mass is 31.2. The molecular weight excluding hydrogens is 789 g/mol. The van der Waals surface area contributed by atoms with Crippen molar-refractivity contribution in [3.05, 3.63) is 128 Å². The molecule has 2 heterocycles. The zero-order chi connectivity index (χ0) is 43.4. The second-order valence-corrected chi connectivity index (χ2v) is 16.6. The monoisotopic (exact) mass is 847 g/mol. The molecule has 4 atom stereocenters. The predicted molar refractivity (Wildman–Crippen MR) is 228 cm³/mol. The summed E-state index contributed by atoms with van der Waals surface area (Å²) in [4.78, 5) is 51.5. The molecule has 1 saturated heterocycles. The Balaban J connectivity index is 1.52. The number of methoxy groups -OCH3 is 2. The predicted octanol–water partition coefficient (Wildman–Crippen LogP) is 7.21. The lowest BCUT2D eigenvalue weighted by molar-refractivity contribution is -0.144. The molecule has 1 unspecified atom stereocenters. The van der Waals surface area contributed by atoms with Crippen molar-refractivity contribution in [3.63, 3.8) is 0 Å². The van der Waals surface area contributed by atoms with Crippen molar-refractivity contribution in [1.82, 2.24) is 14.2 Å². The highest BCUT2D eigenvalue weighted by Crippen LogP contribution is 2.50. The fourth-order valence-electron chi connectivity index (χ4n) is 7.19. The standard InChI is InChI=1S/C45H58N3O11P/c1-30(2)48(31(3)4)60(57-26-12-25-55-42(50)24-15-33(6)49)59-39-27-41(47-28-32(5)43(51)46-44(47)52)58-40(39)29-56-45(34-13-10-9-11-14-34,35-16-20-37(53-7)21-17-35)36-18-22-38(54-8)23-19-36/h9-11,13-14,16-23,28,30-31,39-41H,12,15,24-27,29H2,1-8H3,(H,46,51,52)/t39-,40+,41+,60?/m0/s1. The number of carbonyl (C=O) groups is 2. The summed E-state index contributed by atoms with van der Waals surface area (Å²) in [5.74, 6) is 0.865. The van der Waals surface area contributed by atoms with Gasteiger partial charge >= 0.3 is 11.7 Å². The minimum atomic E-state index is -1.74. The minimum Gasteiger partial charge on any atom is -0.497 e. The van der Waals surface area contributed by atoms with Crippen LogP contribution in [0.2, 0.25) is 0 Å². The van der Waals surface area contributed by atoms with Gasteiger partial charge in [-0.2, -0.15) is 0 Å². The maximum absolute atomic E-state index is 13.3. The second kappa shape index (κ2) is 21.7. The van der Waals surface area contributed by atoms with Gasteiger partial charge in [0.2, 0.25) is 0 Å². The molecule has 0 bridgehead atoms. The Morgan fingerprint density at radius 1 is 0.867 bits per heavy atom. The molecule has 0 saturated carbocycles. The van der Waals surface area contributed by atoms with E-state index in [9.17, 15) is 19.2 Å². The van der Waals surface area contributed by atoms with E-state index in [-0.39, 0.29) is 57.0 Å². The SMILES string of the molecule is COc1ccc(C(OC[C@H]2O[C@@H](n3cc(C)c(=O)[nH]c3=O)C[C@@H]2OP(OCCCOC(=O)CCC(C)=O)N(C(C)C)C(C)C)(c2ccccc2)c2ccc(OC)cc2)cc1. The van der Waals surface area contributed by atoms with Crippen LogP contribution < -0.4 is 20.7 Å². The first-order chi connectivity index (χ1) is 28.8. The summed E-state index contributed by atoms with van der Waals surface area (Å²) in [5, 5.41) is 0. The van der Waals surface area contributed by atoms with Gasteiger partial charge in [-0.05, 0) is 82.5 Å². The molecule has 0 amide bonds. The average Bonchev–Trinajstić information content (AvgIpc) is 3.63. The van der Waals surface area contributed by atoms with Crippen molar-refractivity contribution in [2.75, 3.05) is 34.0 Å². The molecule has 1 aromatic heterocycles. The molecule has 15 heteroatoms. The summed E-state index contributed by atoms with van der Waals surface area (Å²) >= 11 is 0. The maximum atomic E-state index is 13.3. The normalized spacial score (nSPS) is 17.3. The molecule has 0 radical (unpaired) electrons. The fraction of sp³-hybridized carbons (Fsp3) is 0.467. The van der Waals surface area contributed by atoms with Crippen molar-refractivity contribution in [3.8, 4) is 11.5 Å². The summed E-state index contributed by atoms with van der Waals surface area (Å²) in [6.07, 6.45) is 0.132. The third-order valence-electron chi connectivity index (χ3n) is 10.2. The van der Waals surface area contributed by atoms with Gasteiger partial charge in [0.15, 0.2) is 0 Å². The van der Waals surface area contributed by atoms with Gasteiger partial charge in [0.1, 0.15) is 35.2 Å². The minimum absolute atomic E-state index is 0.00789. The zero-order valence-electron chi connectivity index (χ0n) is 35.8. The number of esters is 1. The van der Waals surface area contributed by atoms with Gasteiger partial charge in [0.05, 0.1) is 46.6 Å². The fourth-order valence-corrected chi connectivity index (χ4v) is 8.99. The van der Waals surface area contributed by atoms with Crippen LogP contribution in [0.15, 0.2) is 94.6 Å². The first-order valence-corrected chi connectivity index (χ1v) is 21.4. The van der Waals surface area contributed by atoms with Crippen LogP contribution in [0.3, 0.4) is 0 Å². The first-order valence-electron chi connectivity index (χ1n) is 20.3. The van der Waals surface area contributed by atoms with Crippen LogP contribution in [0.5, 0.6) is 11.5 Å². The van der Waals surface area contributed by atoms with E-state index in [0.717, 1.165) is 16.7 Å². The van der Waals surface area contributed by atoms with Crippen LogP contribution in [-0.4, -0.2) is 84.3 Å². The Bertz CT molecular complexity index is 2050. The number of ether oxygens (including phenoxy) is 5. The molecule has 324 valence electrons. The number of aromatic amines is 1. The molecule has 1 aliphatic heterocycles. The lowest BCUT2D eigenvalue weighted by atomic mass is 9.80. The van der Waals surface area contributed by atoms with Crippen LogP contribution in [0.25, 0.3) is 0 Å². The van der Waals surface area contributed by atoms with Crippen molar-refractivity contribution < 1.29 is 42.3 Å². The Kier molecular flexibility index (Phi) is 16.8. The number of benzene rings is 3. The van der Waals surface area contributed by atoms with Gasteiger partial charge in [0, 0.05) is 43.1 Å². The third-order valence-corrected chi connectivity index (χ3v) is 12.3. The number of carbonyl (C=O) groups excluding carboxylic acids is 2. The van der Waals surface area contributed by atoms with Crippen molar-refractivity contribution >= 4 is 20.3 Å². The highest BCUT2D eigenvalue weighted by molar-refractivity contribution is 7.44. The van der Waals surface area contributed by atoms with Crippen LogP contribution in [0, 0.1) is 6.92 Å². The molecule has 0 spiro atoms. The Morgan fingerprint density at radius 3 is 2.00 bits per heavy atom. The molecular formula is C45H58N3O11P. The van der Waals surface area contributed by atoms with Crippen LogP contribution in [0.4, 0.5) is 0 Å². The number of ketones is 1. The molecule has 60 heavy (non-hydrogen) atoms. The Hall–Kier alpha value is -4.69. The molecule has 1 N–H and O–H groups in total. The molecule has 5 rings (SSSR count). The summed E-state index contributed by atoms with van der Waals surface area (Å²) in [7, 11) is 1.50. The summed E-state index contributed by atoms with van der Waals surface area (Å²) in [5.41, 5.74) is 0.638. The number of hydrogen-bond acceptors (Lipinski definition) is 12. The molecule has 3 aromatic carbocycles. The van der Waals surface area contributed by atoms with Gasteiger partial charge in [0.25, 0.3) is 14.1 Å². The Labute approximate surface area is 353 Å². The number of aryl methyl sites for hydroxylation is 1. The summed E-state index contributed by atoms with van der Waals surface area (Å²) in [6, 6.07) is 25.4. The Morgan fingerprint density at radius 2 is 1.45 bits per heavy atom. The summed E-state index contributed by atoms with van der Waals surface area (Å²) < 4.78 is 47.4. The van der Waals surface area contributed by atoms with Gasteiger partial charge in [-0.3, -0.25) is 19.1 Å². The van der Waals surface area contributed by atoms with Crippen molar-refractivity contribution in [2.24, 2.45) is 0 Å². The zero-order valence-corrected chi connectivity index (χ0v) is 36.6. The van der Waals surface area contributed by atoms with E-state index in [2.05, 4.69) is 37.3 Å². The van der Waals surface area contributed by atoms with E-state index in [0.29, 0.717) is 23.5 Å². The van der Waals surface area contributed by atoms with Crippen LogP contribution in [0.1, 0.15) is 88.8 Å². The van der Waals surface area contributed by atoms with E-state index in [1.54, 1.807) is 21.1 Å². The maximum Gasteiger partial charge on any atom is 0.330 e. The smallest absolute Gasteiger partial charge is 0.330 e. The average molecular weight is 848 g/mol.